The third-order valence-corrected chi connectivity index (χ3v) is 5.87. The minimum Gasteiger partial charge on any atom is -0.381 e. The highest BCUT2D eigenvalue weighted by Gasteiger charge is 2.19. The summed E-state index contributed by atoms with van der Waals surface area (Å²) < 4.78 is 17.6. The fourth-order valence-corrected chi connectivity index (χ4v) is 4.28. The second-order valence-electron chi connectivity index (χ2n) is 3.98. The number of carbonyl (C=O) groups is 1. The van der Waals surface area contributed by atoms with Crippen LogP contribution in [0.5, 0.6) is 0 Å². The van der Waals surface area contributed by atoms with Crippen molar-refractivity contribution in [3.8, 4) is 0 Å². The van der Waals surface area contributed by atoms with Crippen LogP contribution in [0.3, 0.4) is 0 Å². The summed E-state index contributed by atoms with van der Waals surface area (Å²) in [5.41, 5.74) is 0. The molecule has 6 heteroatoms. The molecule has 3 nitrogen and oxygen atoms in total. The molecule has 1 aromatic rings. The maximum Gasteiger partial charge on any atom is 0.132 e. The minimum atomic E-state index is -1.18. The van der Waals surface area contributed by atoms with Crippen molar-refractivity contribution in [1.82, 2.24) is 0 Å². The normalized spacial score (nSPS) is 16.2. The number of rotatable bonds is 8. The zero-order valence-corrected chi connectivity index (χ0v) is 12.8. The molecule has 0 N–H and O–H groups in total. The van der Waals surface area contributed by atoms with Gasteiger partial charge >= 0.3 is 0 Å². The van der Waals surface area contributed by atoms with Gasteiger partial charge in [0, 0.05) is 13.5 Å². The van der Waals surface area contributed by atoms with Crippen molar-refractivity contribution >= 4 is 39.5 Å². The molecule has 1 aromatic heterocycles. The van der Waals surface area contributed by atoms with E-state index < -0.39 is 15.5 Å². The number of thiophene rings is 1. The Morgan fingerprint density at radius 1 is 1.56 bits per heavy atom. The number of halogens is 1. The highest BCUT2D eigenvalue weighted by Crippen LogP contribution is 2.23. The number of Topliss-reactive ketones (excluding diaryl/α,β-unsaturated/α-hetero) is 1. The molecule has 0 spiro atoms. The fraction of sp³-hybridized carbons (Fsp3) is 0.583. The lowest BCUT2D eigenvalue weighted by atomic mass is 10.1. The molecule has 1 heterocycles. The minimum absolute atomic E-state index is 0.0901. The van der Waals surface area contributed by atoms with Crippen molar-refractivity contribution in [2.24, 2.45) is 0 Å². The number of ether oxygens (including phenoxy) is 1. The van der Waals surface area contributed by atoms with Gasteiger partial charge in [0.15, 0.2) is 0 Å². The van der Waals surface area contributed by atoms with Crippen LogP contribution in [-0.2, 0) is 20.3 Å². The third-order valence-electron chi connectivity index (χ3n) is 2.49. The Balaban J connectivity index is 2.42. The van der Waals surface area contributed by atoms with Crippen LogP contribution in [0.25, 0.3) is 0 Å². The number of methoxy groups -OCH3 is 1. The summed E-state index contributed by atoms with van der Waals surface area (Å²) in [6, 6.07) is 3.68. The maximum absolute atomic E-state index is 12.0. The molecule has 0 aliphatic heterocycles. The van der Waals surface area contributed by atoms with E-state index in [9.17, 15) is 9.00 Å². The number of hydrogen-bond donors (Lipinski definition) is 0. The van der Waals surface area contributed by atoms with Crippen molar-refractivity contribution in [2.45, 2.75) is 41.2 Å². The summed E-state index contributed by atoms with van der Waals surface area (Å²) >= 11 is 7.57. The van der Waals surface area contributed by atoms with Gasteiger partial charge in [-0.3, -0.25) is 9.00 Å². The summed E-state index contributed by atoms with van der Waals surface area (Å²) in [4.78, 5) is 11.0. The molecule has 3 atom stereocenters. The standard InChI is InChI=1S/C12H17ClO3S2/c1-9(14)8-10(16-2)5-6-11(13)18(15)12-4-3-7-17-12/h3-4,7,10-11H,5-6,8H2,1-2H3. The van der Waals surface area contributed by atoms with E-state index in [4.69, 9.17) is 16.3 Å². The first kappa shape index (κ1) is 15.8. The van der Waals surface area contributed by atoms with E-state index in [0.717, 1.165) is 4.21 Å². The Morgan fingerprint density at radius 3 is 2.78 bits per heavy atom. The van der Waals surface area contributed by atoms with Crippen molar-refractivity contribution in [3.63, 3.8) is 0 Å². The zero-order chi connectivity index (χ0) is 13.5. The van der Waals surface area contributed by atoms with Crippen LogP contribution in [-0.4, -0.2) is 27.9 Å². The Morgan fingerprint density at radius 2 is 2.28 bits per heavy atom. The average Bonchev–Trinajstić information content (AvgIpc) is 2.86. The molecule has 0 aliphatic rings. The van der Waals surface area contributed by atoms with E-state index in [1.165, 1.54) is 18.3 Å². The molecule has 0 aliphatic carbocycles. The largest absolute Gasteiger partial charge is 0.381 e. The molecular weight excluding hydrogens is 292 g/mol. The monoisotopic (exact) mass is 308 g/mol. The van der Waals surface area contributed by atoms with Crippen molar-refractivity contribution in [3.05, 3.63) is 17.5 Å². The highest BCUT2D eigenvalue weighted by molar-refractivity contribution is 7.89. The Kier molecular flexibility index (Phi) is 7.07. The molecule has 0 amide bonds. The summed E-state index contributed by atoms with van der Waals surface area (Å²) in [5.74, 6) is 0.0901. The van der Waals surface area contributed by atoms with Crippen LogP contribution >= 0.6 is 22.9 Å². The maximum atomic E-state index is 12.0. The van der Waals surface area contributed by atoms with Crippen LogP contribution in [0.4, 0.5) is 0 Å². The fourth-order valence-electron chi connectivity index (χ4n) is 1.55. The molecule has 102 valence electrons. The molecule has 3 unspecified atom stereocenters. The van der Waals surface area contributed by atoms with Gasteiger partial charge in [0.1, 0.15) is 10.5 Å². The Hall–Kier alpha value is -0.230. The van der Waals surface area contributed by atoms with E-state index in [-0.39, 0.29) is 11.9 Å². The molecule has 0 fully saturated rings. The van der Waals surface area contributed by atoms with E-state index in [2.05, 4.69) is 0 Å². The molecule has 0 saturated carbocycles. The lowest BCUT2D eigenvalue weighted by Crippen LogP contribution is -2.17. The van der Waals surface area contributed by atoms with E-state index in [1.807, 2.05) is 17.5 Å². The zero-order valence-electron chi connectivity index (χ0n) is 10.4. The quantitative estimate of drug-likeness (QED) is 0.693. The predicted octanol–water partition coefficient (Wildman–Crippen LogP) is 3.19. The van der Waals surface area contributed by atoms with Gasteiger partial charge in [0.2, 0.25) is 0 Å². The van der Waals surface area contributed by atoms with E-state index in [1.54, 1.807) is 7.11 Å². The summed E-state index contributed by atoms with van der Waals surface area (Å²) in [6.07, 6.45) is 1.45. The summed E-state index contributed by atoms with van der Waals surface area (Å²) in [6.45, 7) is 1.54. The average molecular weight is 309 g/mol. The van der Waals surface area contributed by atoms with Gasteiger partial charge in [-0.25, -0.2) is 0 Å². The van der Waals surface area contributed by atoms with Gasteiger partial charge in [-0.2, -0.15) is 0 Å². The van der Waals surface area contributed by atoms with Gasteiger partial charge < -0.3 is 4.74 Å². The Labute approximate surface area is 119 Å². The lowest BCUT2D eigenvalue weighted by molar-refractivity contribution is -0.119. The summed E-state index contributed by atoms with van der Waals surface area (Å²) in [7, 11) is 0.392. The predicted molar refractivity (Wildman–Crippen MR) is 75.7 cm³/mol. The van der Waals surface area contributed by atoms with Gasteiger partial charge in [0.25, 0.3) is 0 Å². The SMILES string of the molecule is COC(CCC(Cl)S(=O)c1cccs1)CC(C)=O. The smallest absolute Gasteiger partial charge is 0.132 e. The summed E-state index contributed by atoms with van der Waals surface area (Å²) in [5, 5.41) is 1.88. The van der Waals surface area contributed by atoms with Crippen LogP contribution in [0, 0.1) is 0 Å². The van der Waals surface area contributed by atoms with Crippen LogP contribution in [0.2, 0.25) is 0 Å². The number of carbonyl (C=O) groups excluding carboxylic acids is 1. The molecule has 0 bridgehead atoms. The lowest BCUT2D eigenvalue weighted by Gasteiger charge is -2.15. The molecular formula is C12H17ClO3S2. The molecule has 0 aromatic carbocycles. The second kappa shape index (κ2) is 8.04. The third kappa shape index (κ3) is 5.18. The van der Waals surface area contributed by atoms with Gasteiger partial charge in [-0.1, -0.05) is 6.07 Å². The van der Waals surface area contributed by atoms with Crippen molar-refractivity contribution in [1.29, 1.82) is 0 Å². The molecule has 1 rings (SSSR count). The van der Waals surface area contributed by atoms with Crippen molar-refractivity contribution < 1.29 is 13.7 Å². The first-order chi connectivity index (χ1) is 8.54. The van der Waals surface area contributed by atoms with Crippen molar-refractivity contribution in [2.75, 3.05) is 7.11 Å². The molecule has 18 heavy (non-hydrogen) atoms. The highest BCUT2D eigenvalue weighted by atomic mass is 35.5. The number of ketones is 1. The van der Waals surface area contributed by atoms with Gasteiger partial charge in [0.05, 0.1) is 21.1 Å². The first-order valence-corrected chi connectivity index (χ1v) is 8.18. The molecule has 0 saturated heterocycles. The molecule has 0 radical (unpaired) electrons. The Bertz CT molecular complexity index is 392. The number of alkyl halides is 1. The van der Waals surface area contributed by atoms with Crippen LogP contribution in [0.1, 0.15) is 26.2 Å². The van der Waals surface area contributed by atoms with Gasteiger partial charge in [-0.05, 0) is 31.2 Å². The first-order valence-electron chi connectivity index (χ1n) is 5.65. The number of hydrogen-bond acceptors (Lipinski definition) is 4. The topological polar surface area (TPSA) is 43.4 Å². The van der Waals surface area contributed by atoms with E-state index in [0.29, 0.717) is 19.3 Å². The van der Waals surface area contributed by atoms with Gasteiger partial charge in [-0.15, -0.1) is 22.9 Å². The second-order valence-corrected chi connectivity index (χ2v) is 7.58. The van der Waals surface area contributed by atoms with Crippen LogP contribution < -0.4 is 0 Å². The van der Waals surface area contributed by atoms with E-state index >= 15 is 0 Å². The van der Waals surface area contributed by atoms with Crippen LogP contribution in [0.15, 0.2) is 21.7 Å².